The highest BCUT2D eigenvalue weighted by molar-refractivity contribution is 9.10. The van der Waals surface area contributed by atoms with Gasteiger partial charge < -0.3 is 9.79 Å². The quantitative estimate of drug-likeness (QED) is 0.429. The summed E-state index contributed by atoms with van der Waals surface area (Å²) in [6.07, 6.45) is 3.51. The molecule has 0 aromatic carbocycles. The molecule has 0 saturated heterocycles. The van der Waals surface area contributed by atoms with Crippen LogP contribution >= 0.6 is 23.8 Å². The van der Waals surface area contributed by atoms with Gasteiger partial charge in [0.05, 0.1) is 6.61 Å². The molecule has 0 spiro atoms. The summed E-state index contributed by atoms with van der Waals surface area (Å²) in [5.41, 5.74) is 0. The second kappa shape index (κ2) is 6.23. The van der Waals surface area contributed by atoms with Crippen LogP contribution in [0.5, 0.6) is 0 Å². The third-order valence-electron chi connectivity index (χ3n) is 2.30. The number of halogens is 1. The Balaban J connectivity index is 3.68. The molecule has 0 aliphatic rings. The molecule has 0 fully saturated rings. The Bertz CT molecular complexity index is 200. The maximum atomic E-state index is 10.4. The normalized spacial score (nSPS) is 13.2. The molecule has 0 aromatic rings. The Morgan fingerprint density at radius 1 is 1.36 bits per heavy atom. The van der Waals surface area contributed by atoms with E-state index in [4.69, 9.17) is 9.79 Å². The van der Waals surface area contributed by atoms with Gasteiger partial charge in [0, 0.05) is 4.32 Å². The molecule has 0 heterocycles. The Morgan fingerprint density at radius 2 is 1.86 bits per heavy atom. The average molecular weight is 289 g/mol. The molecule has 0 unspecified atom stereocenters. The van der Waals surface area contributed by atoms with Gasteiger partial charge in [0.15, 0.2) is 0 Å². The van der Waals surface area contributed by atoms with E-state index in [-0.39, 0.29) is 10.9 Å². The lowest BCUT2D eigenvalue weighted by atomic mass is 9.98. The lowest BCUT2D eigenvalue weighted by molar-refractivity contribution is 0.191. The molecule has 0 bridgehead atoms. The van der Waals surface area contributed by atoms with Crippen molar-refractivity contribution in [2.75, 3.05) is 6.61 Å². The zero-order valence-corrected chi connectivity index (χ0v) is 11.1. The van der Waals surface area contributed by atoms with Gasteiger partial charge in [-0.2, -0.15) is 0 Å². The molecule has 0 aliphatic heterocycles. The molecule has 4 nitrogen and oxygen atoms in total. The van der Waals surface area contributed by atoms with Crippen LogP contribution in [0.2, 0.25) is 0 Å². The molecule has 0 rings (SSSR count). The summed E-state index contributed by atoms with van der Waals surface area (Å²) in [4.78, 5) is 16.9. The number of hydrogen-bond acceptors (Lipinski definition) is 2. The van der Waals surface area contributed by atoms with E-state index in [2.05, 4.69) is 34.3 Å². The van der Waals surface area contributed by atoms with Crippen molar-refractivity contribution in [1.29, 1.82) is 0 Å². The number of rotatable bonds is 7. The molecular formula is C8H18BrO4P. The Hall–Kier alpha value is 0.590. The summed E-state index contributed by atoms with van der Waals surface area (Å²) in [5.74, 6) is 0. The summed E-state index contributed by atoms with van der Waals surface area (Å²) in [5, 5.41) is 0. The van der Waals surface area contributed by atoms with Gasteiger partial charge in [0.25, 0.3) is 0 Å². The van der Waals surface area contributed by atoms with E-state index in [9.17, 15) is 4.57 Å². The molecule has 0 radical (unpaired) electrons. The third-order valence-corrected chi connectivity index (χ3v) is 4.33. The highest BCUT2D eigenvalue weighted by atomic mass is 79.9. The largest absolute Gasteiger partial charge is 0.469 e. The van der Waals surface area contributed by atoms with E-state index in [1.807, 2.05) is 0 Å². The van der Waals surface area contributed by atoms with Gasteiger partial charge in [0.1, 0.15) is 0 Å². The van der Waals surface area contributed by atoms with E-state index >= 15 is 0 Å². The van der Waals surface area contributed by atoms with Crippen molar-refractivity contribution in [1.82, 2.24) is 0 Å². The summed E-state index contributed by atoms with van der Waals surface area (Å²) >= 11 is 3.61. The molecule has 0 saturated carbocycles. The van der Waals surface area contributed by atoms with Gasteiger partial charge in [-0.1, -0.05) is 29.8 Å². The van der Waals surface area contributed by atoms with Crippen molar-refractivity contribution in [3.63, 3.8) is 0 Å². The zero-order chi connectivity index (χ0) is 11.2. The molecule has 0 amide bonds. The lowest BCUT2D eigenvalue weighted by Crippen LogP contribution is -2.18. The maximum Gasteiger partial charge on any atom is 0.469 e. The average Bonchev–Trinajstić information content (AvgIpc) is 2.11. The van der Waals surface area contributed by atoms with Crippen molar-refractivity contribution in [2.45, 2.75) is 43.9 Å². The van der Waals surface area contributed by atoms with E-state index in [0.717, 1.165) is 19.3 Å². The van der Waals surface area contributed by atoms with Gasteiger partial charge in [-0.3, -0.25) is 4.52 Å². The molecule has 0 aromatic heterocycles. The van der Waals surface area contributed by atoms with Crippen molar-refractivity contribution >= 4 is 23.8 Å². The van der Waals surface area contributed by atoms with Gasteiger partial charge in [-0.05, 0) is 25.7 Å². The van der Waals surface area contributed by atoms with Crippen LogP contribution in [0.25, 0.3) is 0 Å². The van der Waals surface area contributed by atoms with E-state index in [1.54, 1.807) is 0 Å². The van der Waals surface area contributed by atoms with Crippen LogP contribution in [-0.2, 0) is 9.09 Å². The molecule has 0 atom stereocenters. The van der Waals surface area contributed by atoms with E-state index < -0.39 is 7.82 Å². The van der Waals surface area contributed by atoms with Gasteiger partial charge >= 0.3 is 7.82 Å². The van der Waals surface area contributed by atoms with Crippen molar-refractivity contribution in [3.8, 4) is 0 Å². The molecule has 14 heavy (non-hydrogen) atoms. The van der Waals surface area contributed by atoms with Crippen LogP contribution in [0, 0.1) is 0 Å². The number of alkyl halides is 1. The molecule has 6 heteroatoms. The summed E-state index contributed by atoms with van der Waals surface area (Å²) in [6.45, 7) is 4.28. The predicted molar refractivity (Wildman–Crippen MR) is 59.5 cm³/mol. The van der Waals surface area contributed by atoms with Crippen LogP contribution in [0.15, 0.2) is 0 Å². The van der Waals surface area contributed by atoms with E-state index in [0.29, 0.717) is 6.42 Å². The SMILES string of the molecule is CCC(Br)(CC)CCCOP(=O)(O)O. The second-order valence-corrected chi connectivity index (χ2v) is 6.21. The summed E-state index contributed by atoms with van der Waals surface area (Å²) in [7, 11) is -4.28. The second-order valence-electron chi connectivity index (χ2n) is 3.29. The fourth-order valence-electron chi connectivity index (χ4n) is 1.18. The number of phosphoric ester groups is 1. The number of phosphoric acid groups is 1. The highest BCUT2D eigenvalue weighted by Gasteiger charge is 2.22. The molecule has 2 N–H and O–H groups in total. The zero-order valence-electron chi connectivity index (χ0n) is 8.57. The van der Waals surface area contributed by atoms with Crippen LogP contribution in [0.3, 0.4) is 0 Å². The third kappa shape index (κ3) is 6.96. The van der Waals surface area contributed by atoms with Crippen LogP contribution < -0.4 is 0 Å². The fourth-order valence-corrected chi connectivity index (χ4v) is 1.82. The monoisotopic (exact) mass is 288 g/mol. The first-order valence-electron chi connectivity index (χ1n) is 4.72. The number of hydrogen-bond donors (Lipinski definition) is 2. The standard InChI is InChI=1S/C8H18BrO4P/c1-3-8(9,4-2)6-5-7-13-14(10,11)12/h3-7H2,1-2H3,(H2,10,11,12). The lowest BCUT2D eigenvalue weighted by Gasteiger charge is -2.24. The van der Waals surface area contributed by atoms with Crippen molar-refractivity contribution < 1.29 is 18.9 Å². The van der Waals surface area contributed by atoms with Crippen LogP contribution in [0.4, 0.5) is 0 Å². The molecular weight excluding hydrogens is 271 g/mol. The topological polar surface area (TPSA) is 66.8 Å². The van der Waals surface area contributed by atoms with Crippen LogP contribution in [0.1, 0.15) is 39.5 Å². The highest BCUT2D eigenvalue weighted by Crippen LogP contribution is 2.37. The Labute approximate surface area is 93.4 Å². The van der Waals surface area contributed by atoms with Gasteiger partial charge in [-0.15, -0.1) is 0 Å². The van der Waals surface area contributed by atoms with Gasteiger partial charge in [-0.25, -0.2) is 4.57 Å². The first-order valence-corrected chi connectivity index (χ1v) is 7.04. The van der Waals surface area contributed by atoms with Gasteiger partial charge in [0.2, 0.25) is 0 Å². The minimum Gasteiger partial charge on any atom is -0.303 e. The van der Waals surface area contributed by atoms with Crippen molar-refractivity contribution in [3.05, 3.63) is 0 Å². The minimum absolute atomic E-state index is 0.0886. The molecule has 0 aliphatic carbocycles. The maximum absolute atomic E-state index is 10.4. The first-order chi connectivity index (χ1) is 6.33. The fraction of sp³-hybridized carbons (Fsp3) is 1.00. The van der Waals surface area contributed by atoms with E-state index in [1.165, 1.54) is 0 Å². The summed E-state index contributed by atoms with van der Waals surface area (Å²) < 4.78 is 14.8. The predicted octanol–water partition coefficient (Wildman–Crippen LogP) is 2.83. The first kappa shape index (κ1) is 14.6. The minimum atomic E-state index is -4.28. The van der Waals surface area contributed by atoms with Crippen molar-refractivity contribution in [2.24, 2.45) is 0 Å². The Kier molecular flexibility index (Phi) is 6.50. The summed E-state index contributed by atoms with van der Waals surface area (Å²) in [6, 6.07) is 0. The Morgan fingerprint density at radius 3 is 2.21 bits per heavy atom. The molecule has 86 valence electrons. The smallest absolute Gasteiger partial charge is 0.303 e. The van der Waals surface area contributed by atoms with Crippen LogP contribution in [-0.4, -0.2) is 20.7 Å².